The van der Waals surface area contributed by atoms with Crippen LogP contribution in [0.1, 0.15) is 19.8 Å². The van der Waals surface area contributed by atoms with Crippen molar-refractivity contribution in [3.63, 3.8) is 0 Å². The Labute approximate surface area is 141 Å². The molecule has 2 aromatic carbocycles. The van der Waals surface area contributed by atoms with Crippen molar-refractivity contribution in [1.29, 1.82) is 0 Å². The topological polar surface area (TPSA) is 45.5 Å². The van der Waals surface area contributed by atoms with Crippen molar-refractivity contribution in [3.8, 4) is 0 Å². The Morgan fingerprint density at radius 3 is 2.17 bits per heavy atom. The van der Waals surface area contributed by atoms with Crippen LogP contribution in [0.5, 0.6) is 0 Å². The van der Waals surface area contributed by atoms with Gasteiger partial charge in [-0.2, -0.15) is 0 Å². The Kier molecular flexibility index (Phi) is 3.77. The lowest BCUT2D eigenvalue weighted by Gasteiger charge is -2.25. The van der Waals surface area contributed by atoms with Gasteiger partial charge in [0.05, 0.1) is 12.6 Å². The quantitative estimate of drug-likeness (QED) is 0.802. The summed E-state index contributed by atoms with van der Waals surface area (Å²) < 4.78 is 2.17. The number of aliphatic hydroxyl groups is 1. The van der Waals surface area contributed by atoms with Crippen LogP contribution in [0.4, 0.5) is 0 Å². The van der Waals surface area contributed by atoms with E-state index in [4.69, 9.17) is 0 Å². The molecule has 0 saturated carbocycles. The molecule has 1 fully saturated rings. The monoisotopic (exact) mass is 322 g/mol. The van der Waals surface area contributed by atoms with Crippen molar-refractivity contribution >= 4 is 27.7 Å². The summed E-state index contributed by atoms with van der Waals surface area (Å²) in [5.74, 6) is 0.156. The average molecular weight is 322 g/mol. The van der Waals surface area contributed by atoms with E-state index >= 15 is 0 Å². The van der Waals surface area contributed by atoms with Crippen LogP contribution >= 0.6 is 0 Å². The molecular weight excluding hydrogens is 300 g/mol. The first kappa shape index (κ1) is 15.2. The van der Waals surface area contributed by atoms with Crippen LogP contribution in [0.2, 0.25) is 0 Å². The molecule has 4 nitrogen and oxygen atoms in total. The van der Waals surface area contributed by atoms with Crippen LogP contribution in [0.15, 0.2) is 48.5 Å². The smallest absolute Gasteiger partial charge is 0.222 e. The maximum atomic E-state index is 12.0. The minimum atomic E-state index is -0.575. The molecule has 0 radical (unpaired) electrons. The highest BCUT2D eigenvalue weighted by atomic mass is 16.3. The number of hydrogen-bond donors (Lipinski definition) is 1. The van der Waals surface area contributed by atoms with Crippen LogP contribution in [0, 0.1) is 0 Å². The highest BCUT2D eigenvalue weighted by molar-refractivity contribution is 6.07. The highest BCUT2D eigenvalue weighted by Gasteiger charge is 2.29. The van der Waals surface area contributed by atoms with Crippen molar-refractivity contribution in [1.82, 2.24) is 9.47 Å². The van der Waals surface area contributed by atoms with Crippen LogP contribution in [-0.2, 0) is 11.3 Å². The standard InChI is InChI=1S/C20H22N2O2/c1-14-10-11-20(24)21(14)12-15(23)13-22-18-8-4-2-6-16(18)17-7-3-5-9-19(17)22/h2-9,14-15,23H,10-13H2,1H3/t14-,15?/m0/s1. The van der Waals surface area contributed by atoms with Crippen molar-refractivity contribution in [2.24, 2.45) is 0 Å². The summed E-state index contributed by atoms with van der Waals surface area (Å²) in [5.41, 5.74) is 2.25. The van der Waals surface area contributed by atoms with E-state index in [-0.39, 0.29) is 11.9 Å². The fraction of sp³-hybridized carbons (Fsp3) is 0.350. The Hall–Kier alpha value is -2.33. The van der Waals surface area contributed by atoms with Gasteiger partial charge in [0.15, 0.2) is 0 Å². The number of benzene rings is 2. The summed E-state index contributed by atoms with van der Waals surface area (Å²) in [7, 11) is 0. The van der Waals surface area contributed by atoms with E-state index in [0.29, 0.717) is 19.5 Å². The summed E-state index contributed by atoms with van der Waals surface area (Å²) in [6, 6.07) is 16.8. The number of carbonyl (C=O) groups excluding carboxylic acids is 1. The zero-order valence-electron chi connectivity index (χ0n) is 13.9. The maximum Gasteiger partial charge on any atom is 0.222 e. The molecule has 1 N–H and O–H groups in total. The van der Waals surface area contributed by atoms with Gasteiger partial charge in [-0.05, 0) is 25.5 Å². The van der Waals surface area contributed by atoms with Crippen LogP contribution < -0.4 is 0 Å². The van der Waals surface area contributed by atoms with Crippen molar-refractivity contribution in [2.45, 2.75) is 38.5 Å². The fourth-order valence-electron chi connectivity index (χ4n) is 3.85. The number of likely N-dealkylation sites (tertiary alicyclic amines) is 1. The van der Waals surface area contributed by atoms with Gasteiger partial charge >= 0.3 is 0 Å². The van der Waals surface area contributed by atoms with E-state index < -0.39 is 6.10 Å². The third kappa shape index (κ3) is 2.47. The van der Waals surface area contributed by atoms with Gasteiger partial charge < -0.3 is 14.6 Å². The Bertz CT molecular complexity index is 846. The normalized spacial score (nSPS) is 19.5. The molecule has 1 aliphatic heterocycles. The number of fused-ring (bicyclic) bond motifs is 3. The molecule has 4 rings (SSSR count). The number of amides is 1. The van der Waals surface area contributed by atoms with Gasteiger partial charge in [-0.25, -0.2) is 0 Å². The Morgan fingerprint density at radius 1 is 1.04 bits per heavy atom. The number of β-amino-alcohol motifs (C(OH)–C–C–N with tert-alkyl or cyclic N) is 1. The van der Waals surface area contributed by atoms with Gasteiger partial charge in [0, 0.05) is 40.8 Å². The van der Waals surface area contributed by atoms with E-state index in [9.17, 15) is 9.90 Å². The molecule has 0 spiro atoms. The van der Waals surface area contributed by atoms with Crippen LogP contribution in [0.3, 0.4) is 0 Å². The van der Waals surface area contributed by atoms with Crippen LogP contribution in [-0.4, -0.2) is 39.2 Å². The van der Waals surface area contributed by atoms with E-state index in [1.807, 2.05) is 29.2 Å². The van der Waals surface area contributed by atoms with Gasteiger partial charge in [-0.3, -0.25) is 4.79 Å². The van der Waals surface area contributed by atoms with Gasteiger partial charge in [-0.15, -0.1) is 0 Å². The first-order chi connectivity index (χ1) is 11.6. The molecule has 0 bridgehead atoms. The number of hydrogen-bond acceptors (Lipinski definition) is 2. The third-order valence-electron chi connectivity index (χ3n) is 5.11. The molecule has 2 atom stereocenters. The molecule has 1 unspecified atom stereocenters. The number of para-hydroxylation sites is 2. The number of aliphatic hydroxyl groups excluding tert-OH is 1. The molecule has 1 amide bonds. The number of carbonyl (C=O) groups is 1. The minimum Gasteiger partial charge on any atom is -0.389 e. The van der Waals surface area contributed by atoms with Crippen LogP contribution in [0.25, 0.3) is 21.8 Å². The molecule has 4 heteroatoms. The first-order valence-electron chi connectivity index (χ1n) is 8.58. The molecule has 124 valence electrons. The molecule has 1 aromatic heterocycles. The summed E-state index contributed by atoms with van der Waals surface area (Å²) in [5, 5.41) is 13.0. The molecule has 24 heavy (non-hydrogen) atoms. The maximum absolute atomic E-state index is 12.0. The van der Waals surface area contributed by atoms with E-state index in [0.717, 1.165) is 17.5 Å². The Morgan fingerprint density at radius 2 is 1.62 bits per heavy atom. The van der Waals surface area contributed by atoms with Crippen molar-refractivity contribution in [2.75, 3.05) is 6.54 Å². The summed E-state index contributed by atoms with van der Waals surface area (Å²) >= 11 is 0. The molecule has 1 aliphatic rings. The largest absolute Gasteiger partial charge is 0.389 e. The van der Waals surface area contributed by atoms with E-state index in [1.54, 1.807) is 0 Å². The number of aromatic nitrogens is 1. The predicted octanol–water partition coefficient (Wildman–Crippen LogP) is 3.17. The van der Waals surface area contributed by atoms with Gasteiger partial charge in [0.2, 0.25) is 5.91 Å². The SMILES string of the molecule is C[C@H]1CCC(=O)N1CC(O)Cn1c2ccccc2c2ccccc21. The Balaban J connectivity index is 1.67. The number of rotatable bonds is 4. The average Bonchev–Trinajstić information content (AvgIpc) is 3.08. The second-order valence-electron chi connectivity index (χ2n) is 6.73. The predicted molar refractivity (Wildman–Crippen MR) is 95.9 cm³/mol. The summed E-state index contributed by atoms with van der Waals surface area (Å²) in [6.45, 7) is 2.95. The van der Waals surface area contributed by atoms with Gasteiger partial charge in [0.1, 0.15) is 0 Å². The molecular formula is C20H22N2O2. The zero-order valence-corrected chi connectivity index (χ0v) is 13.9. The van der Waals surface area contributed by atoms with Crippen molar-refractivity contribution < 1.29 is 9.90 Å². The zero-order chi connectivity index (χ0) is 16.7. The van der Waals surface area contributed by atoms with E-state index in [1.165, 1.54) is 10.8 Å². The lowest BCUT2D eigenvalue weighted by atomic mass is 10.2. The molecule has 1 saturated heterocycles. The molecule has 0 aliphatic carbocycles. The van der Waals surface area contributed by atoms with Crippen molar-refractivity contribution in [3.05, 3.63) is 48.5 Å². The van der Waals surface area contributed by atoms with E-state index in [2.05, 4.69) is 35.8 Å². The highest BCUT2D eigenvalue weighted by Crippen LogP contribution is 2.29. The van der Waals surface area contributed by atoms with Gasteiger partial charge in [0.25, 0.3) is 0 Å². The lowest BCUT2D eigenvalue weighted by Crippen LogP contribution is -2.39. The first-order valence-corrected chi connectivity index (χ1v) is 8.58. The third-order valence-corrected chi connectivity index (χ3v) is 5.11. The lowest BCUT2D eigenvalue weighted by molar-refractivity contribution is -0.130. The fourth-order valence-corrected chi connectivity index (χ4v) is 3.85. The molecule has 3 aromatic rings. The molecule has 2 heterocycles. The van der Waals surface area contributed by atoms with Gasteiger partial charge in [-0.1, -0.05) is 36.4 Å². The second kappa shape index (κ2) is 5.95. The minimum absolute atomic E-state index is 0.156. The summed E-state index contributed by atoms with van der Waals surface area (Å²) in [6.07, 6.45) is 0.915. The number of nitrogens with zero attached hydrogens (tertiary/aromatic N) is 2. The second-order valence-corrected chi connectivity index (χ2v) is 6.73. The summed E-state index contributed by atoms with van der Waals surface area (Å²) in [4.78, 5) is 13.8.